The van der Waals surface area contributed by atoms with Gasteiger partial charge in [-0.2, -0.15) is 0 Å². The Morgan fingerprint density at radius 1 is 0.771 bits per heavy atom. The normalized spacial score (nSPS) is 14.1. The average Bonchev–Trinajstić information content (AvgIpc) is 2.78. The van der Waals surface area contributed by atoms with Crippen molar-refractivity contribution >= 4 is 24.7 Å². The summed E-state index contributed by atoms with van der Waals surface area (Å²) in [5, 5.41) is 0. The van der Waals surface area contributed by atoms with E-state index in [1.54, 1.807) is 7.11 Å². The maximum atomic E-state index is 12.4. The van der Waals surface area contributed by atoms with E-state index >= 15 is 0 Å². The molecule has 3 aromatic carbocycles. The number of hydrogen-bond acceptors (Lipinski definition) is 3. The molecular weight excluding hydrogens is 513 g/mol. The number of hydrogen-bond donors (Lipinski definition) is 0. The monoisotopic (exact) mass is 538 g/mol. The molecule has 3 rings (SSSR count). The summed E-state index contributed by atoms with van der Waals surface area (Å²) in [4.78, 5) is 15.6. The van der Waals surface area contributed by atoms with Gasteiger partial charge in [-0.3, -0.25) is 0 Å². The summed E-state index contributed by atoms with van der Waals surface area (Å²) in [7, 11) is -8.02. The van der Waals surface area contributed by atoms with Crippen LogP contribution in [0.2, 0.25) is 0 Å². The molecule has 0 saturated carbocycles. The second kappa shape index (κ2) is 10.1. The summed E-state index contributed by atoms with van der Waals surface area (Å²) in [6.45, 7) is 4.37. The quantitative estimate of drug-likeness (QED) is 0.136. The van der Waals surface area contributed by atoms with Gasteiger partial charge in [0.1, 0.15) is 22.2 Å². The summed E-state index contributed by atoms with van der Waals surface area (Å²) in [5.41, 5.74) is 1.89. The molecule has 0 aliphatic heterocycles. The third-order valence-electron chi connectivity index (χ3n) is 4.59. The fourth-order valence-electron chi connectivity index (χ4n) is 3.01. The molecule has 1 unspecified atom stereocenters. The SMILES string of the molecule is COC(=O)c1ccccc1[S+](c1ccc(OC)cc1)c1ccc(C(C)C)cc1.F[P-](F)(F)(F)(F)F. The zero-order valence-corrected chi connectivity index (χ0v) is 21.1. The van der Waals surface area contributed by atoms with E-state index in [4.69, 9.17) is 9.47 Å². The summed E-state index contributed by atoms with van der Waals surface area (Å²) in [6, 6.07) is 24.4. The number of rotatable bonds is 6. The Morgan fingerprint density at radius 2 is 1.23 bits per heavy atom. The van der Waals surface area contributed by atoms with Crippen LogP contribution in [-0.2, 0) is 15.6 Å². The third kappa shape index (κ3) is 9.82. The molecule has 3 aromatic rings. The van der Waals surface area contributed by atoms with Gasteiger partial charge in [0.15, 0.2) is 14.7 Å². The van der Waals surface area contributed by atoms with Gasteiger partial charge in [-0.05, 0) is 60.0 Å². The van der Waals surface area contributed by atoms with Crippen molar-refractivity contribution in [3.63, 3.8) is 0 Å². The van der Waals surface area contributed by atoms with Crippen LogP contribution in [0.3, 0.4) is 0 Å². The summed E-state index contributed by atoms with van der Waals surface area (Å²) < 4.78 is 69.5. The van der Waals surface area contributed by atoms with E-state index < -0.39 is 18.7 Å². The van der Waals surface area contributed by atoms with E-state index in [2.05, 4.69) is 50.2 Å². The van der Waals surface area contributed by atoms with Crippen molar-refractivity contribution in [1.82, 2.24) is 0 Å². The standard InChI is InChI=1S/C24H25O3S.F6P/c1-17(2)18-9-13-20(14-10-18)28(21-15-11-19(26-3)12-16-21)23-8-6-5-7-22(23)24(25)27-4;1-7(2,3,4,5)6/h5-17H,1-4H3;/q+1;-1. The number of carbonyl (C=O) groups excluding carboxylic acids is 1. The van der Waals surface area contributed by atoms with Gasteiger partial charge >= 0.3 is 39.0 Å². The van der Waals surface area contributed by atoms with E-state index in [1.165, 1.54) is 12.7 Å². The molecule has 0 spiro atoms. The third-order valence-corrected chi connectivity index (χ3v) is 6.87. The Hall–Kier alpha value is -2.71. The summed E-state index contributed by atoms with van der Waals surface area (Å²) in [5.74, 6) is 0.961. The molecule has 1 atom stereocenters. The molecule has 0 aromatic heterocycles. The second-order valence-corrected chi connectivity index (χ2v) is 11.6. The van der Waals surface area contributed by atoms with Crippen LogP contribution in [0.4, 0.5) is 25.2 Å². The Bertz CT molecular complexity index is 1140. The topological polar surface area (TPSA) is 35.5 Å². The van der Waals surface area contributed by atoms with Crippen LogP contribution in [-0.4, -0.2) is 20.2 Å². The first-order valence-electron chi connectivity index (χ1n) is 10.2. The second-order valence-electron chi connectivity index (χ2n) is 7.65. The molecule has 11 heteroatoms. The fraction of sp³-hybridized carbons (Fsp3) is 0.208. The molecule has 0 bridgehead atoms. The van der Waals surface area contributed by atoms with Gasteiger partial charge in [0.05, 0.1) is 14.2 Å². The van der Waals surface area contributed by atoms with Crippen LogP contribution in [0.5, 0.6) is 5.75 Å². The molecule has 192 valence electrons. The minimum atomic E-state index is -10.7. The van der Waals surface area contributed by atoms with Crippen LogP contribution in [0, 0.1) is 0 Å². The number of carbonyl (C=O) groups is 1. The van der Waals surface area contributed by atoms with Crippen molar-refractivity contribution in [3.05, 3.63) is 83.9 Å². The van der Waals surface area contributed by atoms with E-state index in [-0.39, 0.29) is 5.97 Å². The number of methoxy groups -OCH3 is 2. The van der Waals surface area contributed by atoms with Crippen LogP contribution in [0.25, 0.3) is 0 Å². The van der Waals surface area contributed by atoms with Gasteiger partial charge in [0, 0.05) is 0 Å². The molecule has 0 amide bonds. The predicted octanol–water partition coefficient (Wildman–Crippen LogP) is 9.08. The molecule has 3 nitrogen and oxygen atoms in total. The van der Waals surface area contributed by atoms with Crippen molar-refractivity contribution in [2.24, 2.45) is 0 Å². The van der Waals surface area contributed by atoms with Crippen LogP contribution >= 0.6 is 7.81 Å². The van der Waals surface area contributed by atoms with Gasteiger partial charge < -0.3 is 9.47 Å². The van der Waals surface area contributed by atoms with E-state index in [0.717, 1.165) is 20.4 Å². The Morgan fingerprint density at radius 3 is 1.66 bits per heavy atom. The molecule has 0 saturated heterocycles. The first-order valence-corrected chi connectivity index (χ1v) is 13.5. The summed E-state index contributed by atoms with van der Waals surface area (Å²) >= 11 is 0. The number of benzene rings is 3. The van der Waals surface area contributed by atoms with E-state index in [9.17, 15) is 30.0 Å². The number of ether oxygens (including phenoxy) is 2. The van der Waals surface area contributed by atoms with Crippen molar-refractivity contribution in [3.8, 4) is 5.75 Å². The molecular formula is C24H25F6O3PS. The van der Waals surface area contributed by atoms with Crippen molar-refractivity contribution in [2.75, 3.05) is 14.2 Å². The van der Waals surface area contributed by atoms with Crippen molar-refractivity contribution in [1.29, 1.82) is 0 Å². The molecule has 0 aliphatic carbocycles. The van der Waals surface area contributed by atoms with Crippen molar-refractivity contribution in [2.45, 2.75) is 34.5 Å². The maximum absolute atomic E-state index is 12.4. The van der Waals surface area contributed by atoms with Gasteiger partial charge in [0.2, 0.25) is 0 Å². The zero-order chi connectivity index (χ0) is 26.5. The summed E-state index contributed by atoms with van der Waals surface area (Å²) in [6.07, 6.45) is 0. The molecule has 0 fully saturated rings. The Kier molecular flexibility index (Phi) is 8.24. The first-order chi connectivity index (χ1) is 16.0. The van der Waals surface area contributed by atoms with E-state index in [1.807, 2.05) is 36.4 Å². The Labute approximate surface area is 202 Å². The molecule has 0 N–H and O–H groups in total. The van der Waals surface area contributed by atoms with Gasteiger partial charge in [-0.25, -0.2) is 4.79 Å². The first kappa shape index (κ1) is 28.5. The van der Waals surface area contributed by atoms with Gasteiger partial charge in [-0.15, -0.1) is 0 Å². The van der Waals surface area contributed by atoms with Gasteiger partial charge in [0.25, 0.3) is 0 Å². The van der Waals surface area contributed by atoms with Crippen LogP contribution in [0.1, 0.15) is 35.7 Å². The minimum absolute atomic E-state index is 0.319. The van der Waals surface area contributed by atoms with Crippen molar-refractivity contribution < 1.29 is 39.4 Å². The predicted molar refractivity (Wildman–Crippen MR) is 127 cm³/mol. The fourth-order valence-corrected chi connectivity index (χ4v) is 5.20. The van der Waals surface area contributed by atoms with Crippen LogP contribution in [0.15, 0.2) is 87.5 Å². The Balaban J connectivity index is 0.000000540. The molecule has 0 aliphatic rings. The van der Waals surface area contributed by atoms with Gasteiger partial charge in [-0.1, -0.05) is 38.1 Å². The number of esters is 1. The molecule has 0 radical (unpaired) electrons. The van der Waals surface area contributed by atoms with Crippen LogP contribution < -0.4 is 4.74 Å². The molecule has 35 heavy (non-hydrogen) atoms. The number of halogens is 6. The zero-order valence-electron chi connectivity index (χ0n) is 19.4. The van der Waals surface area contributed by atoms with E-state index in [0.29, 0.717) is 11.5 Å². The molecule has 0 heterocycles. The average molecular weight is 538 g/mol.